The molecule has 2 rings (SSSR count). The average molecular weight is 416 g/mol. The third-order valence-corrected chi connectivity index (χ3v) is 5.72. The SMILES string of the molecule is Nc1[nH]ncc1CC(=O)CCCCCCCCCCCCCCc1ccc(F)cc1. The van der Waals surface area contributed by atoms with E-state index in [1.807, 2.05) is 12.1 Å². The minimum absolute atomic E-state index is 0.152. The molecule has 0 aliphatic carbocycles. The summed E-state index contributed by atoms with van der Waals surface area (Å²) in [6.07, 6.45) is 18.8. The van der Waals surface area contributed by atoms with E-state index in [4.69, 9.17) is 5.73 Å². The van der Waals surface area contributed by atoms with Gasteiger partial charge in [-0.1, -0.05) is 76.3 Å². The number of carbonyl (C=O) groups is 1. The molecule has 3 N–H and O–H groups in total. The van der Waals surface area contributed by atoms with Gasteiger partial charge in [-0.15, -0.1) is 0 Å². The highest BCUT2D eigenvalue weighted by molar-refractivity contribution is 5.81. The molecule has 0 amide bonds. The van der Waals surface area contributed by atoms with Gasteiger partial charge in [0.15, 0.2) is 0 Å². The van der Waals surface area contributed by atoms with E-state index < -0.39 is 0 Å². The van der Waals surface area contributed by atoms with Gasteiger partial charge in [0.25, 0.3) is 0 Å². The number of aromatic amines is 1. The van der Waals surface area contributed by atoms with Crippen molar-refractivity contribution in [2.45, 2.75) is 96.3 Å². The summed E-state index contributed by atoms with van der Waals surface area (Å²) in [7, 11) is 0. The number of nitrogens with zero attached hydrogens (tertiary/aromatic N) is 1. The quantitative estimate of drug-likeness (QED) is 0.287. The molecule has 166 valence electrons. The highest BCUT2D eigenvalue weighted by Gasteiger charge is 2.07. The summed E-state index contributed by atoms with van der Waals surface area (Å²) in [5.41, 5.74) is 7.76. The van der Waals surface area contributed by atoms with Crippen molar-refractivity contribution in [1.82, 2.24) is 10.2 Å². The Morgan fingerprint density at radius 2 is 1.37 bits per heavy atom. The fourth-order valence-corrected chi connectivity index (χ4v) is 3.83. The molecular weight excluding hydrogens is 377 g/mol. The summed E-state index contributed by atoms with van der Waals surface area (Å²) in [4.78, 5) is 11.9. The Morgan fingerprint density at radius 3 is 1.90 bits per heavy atom. The van der Waals surface area contributed by atoms with Crippen molar-refractivity contribution in [3.8, 4) is 0 Å². The maximum absolute atomic E-state index is 12.9. The highest BCUT2D eigenvalue weighted by atomic mass is 19.1. The number of benzene rings is 1. The molecular formula is C25H38FN3O. The van der Waals surface area contributed by atoms with Gasteiger partial charge in [0.2, 0.25) is 0 Å². The molecule has 0 saturated carbocycles. The molecule has 0 aliphatic heterocycles. The maximum atomic E-state index is 12.9. The van der Waals surface area contributed by atoms with Crippen molar-refractivity contribution in [3.05, 3.63) is 47.4 Å². The molecule has 0 aliphatic rings. The fourth-order valence-electron chi connectivity index (χ4n) is 3.83. The normalized spacial score (nSPS) is 11.1. The maximum Gasteiger partial charge on any atom is 0.137 e. The average Bonchev–Trinajstić information content (AvgIpc) is 3.14. The summed E-state index contributed by atoms with van der Waals surface area (Å²) < 4.78 is 12.9. The zero-order chi connectivity index (χ0) is 21.4. The molecule has 0 fully saturated rings. The first-order valence-electron chi connectivity index (χ1n) is 11.7. The van der Waals surface area contributed by atoms with E-state index in [1.54, 1.807) is 18.3 Å². The summed E-state index contributed by atoms with van der Waals surface area (Å²) in [6.45, 7) is 0. The van der Waals surface area contributed by atoms with Gasteiger partial charge in [0.05, 0.1) is 6.20 Å². The van der Waals surface area contributed by atoms with E-state index in [-0.39, 0.29) is 11.6 Å². The van der Waals surface area contributed by atoms with Crippen LogP contribution in [-0.4, -0.2) is 16.0 Å². The Bertz CT molecular complexity index is 711. The number of hydrogen-bond acceptors (Lipinski definition) is 3. The van der Waals surface area contributed by atoms with Gasteiger partial charge < -0.3 is 5.73 Å². The van der Waals surface area contributed by atoms with Gasteiger partial charge in [0, 0.05) is 18.4 Å². The van der Waals surface area contributed by atoms with Crippen molar-refractivity contribution in [2.75, 3.05) is 5.73 Å². The minimum atomic E-state index is -0.152. The molecule has 1 aromatic carbocycles. The Morgan fingerprint density at radius 1 is 0.833 bits per heavy atom. The van der Waals surface area contributed by atoms with Crippen molar-refractivity contribution < 1.29 is 9.18 Å². The monoisotopic (exact) mass is 415 g/mol. The van der Waals surface area contributed by atoms with Crippen LogP contribution in [0.5, 0.6) is 0 Å². The number of unbranched alkanes of at least 4 members (excludes halogenated alkanes) is 11. The van der Waals surface area contributed by atoms with Crippen LogP contribution in [-0.2, 0) is 17.6 Å². The lowest BCUT2D eigenvalue weighted by Crippen LogP contribution is -2.03. The van der Waals surface area contributed by atoms with Crippen LogP contribution in [0.4, 0.5) is 10.2 Å². The lowest BCUT2D eigenvalue weighted by Gasteiger charge is -2.04. The van der Waals surface area contributed by atoms with Crippen LogP contribution in [0.25, 0.3) is 0 Å². The van der Waals surface area contributed by atoms with E-state index in [9.17, 15) is 9.18 Å². The number of nitrogen functional groups attached to an aromatic ring is 1. The van der Waals surface area contributed by atoms with Gasteiger partial charge in [0.1, 0.15) is 17.4 Å². The van der Waals surface area contributed by atoms with Crippen LogP contribution in [0.2, 0.25) is 0 Å². The second-order valence-electron chi connectivity index (χ2n) is 8.39. The lowest BCUT2D eigenvalue weighted by atomic mass is 10.0. The van der Waals surface area contributed by atoms with Crippen LogP contribution in [0, 0.1) is 5.82 Å². The smallest absolute Gasteiger partial charge is 0.137 e. The Kier molecular flexibility index (Phi) is 11.9. The highest BCUT2D eigenvalue weighted by Crippen LogP contribution is 2.15. The van der Waals surface area contributed by atoms with Crippen molar-refractivity contribution in [2.24, 2.45) is 0 Å². The number of anilines is 1. The number of hydrogen-bond donors (Lipinski definition) is 2. The number of ketones is 1. The molecule has 5 heteroatoms. The van der Waals surface area contributed by atoms with Gasteiger partial charge >= 0.3 is 0 Å². The van der Waals surface area contributed by atoms with Crippen LogP contribution < -0.4 is 5.73 Å². The number of halogens is 1. The molecule has 0 bridgehead atoms. The lowest BCUT2D eigenvalue weighted by molar-refractivity contribution is -0.118. The summed E-state index contributed by atoms with van der Waals surface area (Å²) in [5, 5.41) is 6.51. The van der Waals surface area contributed by atoms with Crippen molar-refractivity contribution in [1.29, 1.82) is 0 Å². The van der Waals surface area contributed by atoms with Crippen LogP contribution >= 0.6 is 0 Å². The van der Waals surface area contributed by atoms with Gasteiger partial charge in [-0.3, -0.25) is 9.89 Å². The molecule has 0 atom stereocenters. The second-order valence-corrected chi connectivity index (χ2v) is 8.39. The molecule has 2 aromatic rings. The van der Waals surface area contributed by atoms with E-state index in [1.165, 1.54) is 69.8 Å². The summed E-state index contributed by atoms with van der Waals surface area (Å²) in [6, 6.07) is 6.89. The van der Waals surface area contributed by atoms with Crippen molar-refractivity contribution >= 4 is 11.6 Å². The molecule has 4 nitrogen and oxygen atoms in total. The second kappa shape index (κ2) is 14.8. The Labute approximate surface area is 180 Å². The third-order valence-electron chi connectivity index (χ3n) is 5.72. The number of nitrogens with two attached hydrogens (primary N) is 1. The molecule has 0 saturated heterocycles. The number of H-pyrrole nitrogens is 1. The minimum Gasteiger partial charge on any atom is -0.384 e. The van der Waals surface area contributed by atoms with E-state index >= 15 is 0 Å². The summed E-state index contributed by atoms with van der Waals surface area (Å²) in [5.74, 6) is 0.607. The molecule has 0 spiro atoms. The van der Waals surface area contributed by atoms with E-state index in [0.717, 1.165) is 24.8 Å². The zero-order valence-corrected chi connectivity index (χ0v) is 18.3. The van der Waals surface area contributed by atoms with Gasteiger partial charge in [-0.25, -0.2) is 4.39 Å². The summed E-state index contributed by atoms with van der Waals surface area (Å²) >= 11 is 0. The first-order chi connectivity index (χ1) is 14.6. The number of aromatic nitrogens is 2. The van der Waals surface area contributed by atoms with E-state index in [2.05, 4.69) is 10.2 Å². The first-order valence-corrected chi connectivity index (χ1v) is 11.7. The van der Waals surface area contributed by atoms with Gasteiger partial charge in [-0.05, 0) is 37.0 Å². The van der Waals surface area contributed by atoms with Gasteiger partial charge in [-0.2, -0.15) is 5.10 Å². The van der Waals surface area contributed by atoms with Crippen LogP contribution in [0.1, 0.15) is 94.6 Å². The van der Waals surface area contributed by atoms with Crippen molar-refractivity contribution in [3.63, 3.8) is 0 Å². The van der Waals surface area contributed by atoms with Crippen LogP contribution in [0.3, 0.4) is 0 Å². The van der Waals surface area contributed by atoms with Crippen LogP contribution in [0.15, 0.2) is 30.5 Å². The zero-order valence-electron chi connectivity index (χ0n) is 18.3. The Hall–Kier alpha value is -2.17. The molecule has 1 heterocycles. The van der Waals surface area contributed by atoms with E-state index in [0.29, 0.717) is 18.7 Å². The standard InChI is InChI=1S/C25H38FN3O/c26-23-17-15-21(16-18-23)13-11-9-7-5-3-1-2-4-6-8-10-12-14-24(30)19-22-20-28-29-25(22)27/h15-18,20H,1-14,19H2,(H3,27,28,29). The largest absolute Gasteiger partial charge is 0.384 e. The number of nitrogens with one attached hydrogen (secondary N) is 1. The molecule has 0 unspecified atom stereocenters. The topological polar surface area (TPSA) is 71.8 Å². The fraction of sp³-hybridized carbons (Fsp3) is 0.600. The molecule has 30 heavy (non-hydrogen) atoms. The Balaban J connectivity index is 1.30. The number of rotatable bonds is 17. The predicted octanol–water partition coefficient (Wildman–Crippen LogP) is 6.56. The molecule has 1 aromatic heterocycles. The number of Topliss-reactive ketones (excluding diaryl/α,β-unsaturated/α-hetero) is 1. The first kappa shape index (κ1) is 24.1. The predicted molar refractivity (Wildman–Crippen MR) is 122 cm³/mol. The third kappa shape index (κ3) is 10.6. The number of carbonyl (C=O) groups excluding carboxylic acids is 1. The number of aryl methyl sites for hydroxylation is 1. The molecule has 0 radical (unpaired) electrons.